The number of nitrogens with zero attached hydrogens (tertiary/aromatic N) is 5. The van der Waals surface area contributed by atoms with Crippen molar-refractivity contribution in [2.24, 2.45) is 0 Å². The van der Waals surface area contributed by atoms with Crippen molar-refractivity contribution in [3.8, 4) is 22.8 Å². The molecule has 37 heavy (non-hydrogen) atoms. The number of rotatable bonds is 5. The Morgan fingerprint density at radius 3 is 2.46 bits per heavy atom. The lowest BCUT2D eigenvalue weighted by molar-refractivity contribution is 0.0411. The number of amides is 2. The molecule has 0 saturated carbocycles. The van der Waals surface area contributed by atoms with E-state index in [2.05, 4.69) is 10.1 Å². The standard InChI is InChI=1S/C28H29N5O4/c1-18-7-5-6-8-21(18)27(34)32-14-13-31(17-19(32)2)28(35)22-16-26-29-12-11-23(33(26)30-22)20-9-10-24(36-3)25(15-20)37-4/h5-12,15-16,19H,13-14,17H2,1-4H3/t19-/m0/s1. The van der Waals surface area contributed by atoms with E-state index in [1.807, 2.05) is 67.3 Å². The molecular formula is C28H29N5O4. The Bertz CT molecular complexity index is 1480. The van der Waals surface area contributed by atoms with Gasteiger partial charge in [0.05, 0.1) is 19.9 Å². The number of hydrogen-bond donors (Lipinski definition) is 0. The van der Waals surface area contributed by atoms with Crippen LogP contribution >= 0.6 is 0 Å². The van der Waals surface area contributed by atoms with E-state index in [4.69, 9.17) is 9.47 Å². The minimum absolute atomic E-state index is 0.00538. The summed E-state index contributed by atoms with van der Waals surface area (Å²) in [4.78, 5) is 34.6. The number of hydrogen-bond acceptors (Lipinski definition) is 6. The van der Waals surface area contributed by atoms with Crippen LogP contribution in [0.3, 0.4) is 0 Å². The van der Waals surface area contributed by atoms with E-state index in [9.17, 15) is 9.59 Å². The average molecular weight is 500 g/mol. The van der Waals surface area contributed by atoms with E-state index in [0.29, 0.717) is 48.0 Å². The molecule has 1 fully saturated rings. The Hall–Kier alpha value is -4.40. The van der Waals surface area contributed by atoms with Crippen LogP contribution in [0.2, 0.25) is 0 Å². The van der Waals surface area contributed by atoms with Gasteiger partial charge in [0.2, 0.25) is 0 Å². The molecule has 9 nitrogen and oxygen atoms in total. The number of carbonyl (C=O) groups is 2. The molecule has 1 atom stereocenters. The van der Waals surface area contributed by atoms with Crippen LogP contribution in [0.5, 0.6) is 11.5 Å². The third-order valence-electron chi connectivity index (χ3n) is 6.81. The van der Waals surface area contributed by atoms with Crippen molar-refractivity contribution >= 4 is 17.5 Å². The van der Waals surface area contributed by atoms with Gasteiger partial charge in [0.15, 0.2) is 22.8 Å². The molecule has 4 aromatic rings. The van der Waals surface area contributed by atoms with Crippen LogP contribution in [0.25, 0.3) is 16.9 Å². The number of piperazine rings is 1. The van der Waals surface area contributed by atoms with Crippen LogP contribution in [0.1, 0.15) is 33.3 Å². The molecule has 2 aromatic carbocycles. The van der Waals surface area contributed by atoms with Gasteiger partial charge in [0.25, 0.3) is 11.8 Å². The molecule has 190 valence electrons. The fourth-order valence-corrected chi connectivity index (χ4v) is 4.79. The molecular weight excluding hydrogens is 470 g/mol. The van der Waals surface area contributed by atoms with Crippen molar-refractivity contribution in [2.75, 3.05) is 33.9 Å². The summed E-state index contributed by atoms with van der Waals surface area (Å²) >= 11 is 0. The van der Waals surface area contributed by atoms with Crippen LogP contribution in [0, 0.1) is 6.92 Å². The largest absolute Gasteiger partial charge is 0.493 e. The monoisotopic (exact) mass is 499 g/mol. The first kappa shape index (κ1) is 24.3. The molecule has 3 heterocycles. The summed E-state index contributed by atoms with van der Waals surface area (Å²) < 4.78 is 12.5. The van der Waals surface area contributed by atoms with Crippen molar-refractivity contribution in [1.29, 1.82) is 0 Å². The second-order valence-corrected chi connectivity index (χ2v) is 9.11. The maximum absolute atomic E-state index is 13.4. The highest BCUT2D eigenvalue weighted by molar-refractivity contribution is 5.97. The third-order valence-corrected chi connectivity index (χ3v) is 6.81. The van der Waals surface area contributed by atoms with Crippen LogP contribution in [-0.4, -0.2) is 76.1 Å². The Morgan fingerprint density at radius 2 is 1.73 bits per heavy atom. The van der Waals surface area contributed by atoms with Gasteiger partial charge in [-0.25, -0.2) is 9.50 Å². The summed E-state index contributed by atoms with van der Waals surface area (Å²) in [7, 11) is 3.18. The number of fused-ring (bicyclic) bond motifs is 1. The first-order valence-corrected chi connectivity index (χ1v) is 12.1. The molecule has 0 spiro atoms. The van der Waals surface area contributed by atoms with E-state index in [0.717, 1.165) is 16.8 Å². The SMILES string of the molecule is COc1ccc(-c2ccnc3cc(C(=O)N4CCN(C(=O)c5ccccc5C)[C@@H](C)C4)nn23)cc1OC. The Kier molecular flexibility index (Phi) is 6.52. The number of aromatic nitrogens is 3. The fourth-order valence-electron chi connectivity index (χ4n) is 4.79. The highest BCUT2D eigenvalue weighted by atomic mass is 16.5. The van der Waals surface area contributed by atoms with E-state index in [1.165, 1.54) is 0 Å². The number of methoxy groups -OCH3 is 2. The van der Waals surface area contributed by atoms with E-state index in [1.54, 1.807) is 35.9 Å². The van der Waals surface area contributed by atoms with Gasteiger partial charge in [-0.15, -0.1) is 0 Å². The normalized spacial score (nSPS) is 15.6. The van der Waals surface area contributed by atoms with Crippen molar-refractivity contribution in [3.63, 3.8) is 0 Å². The molecule has 5 rings (SSSR count). The van der Waals surface area contributed by atoms with Crippen LogP contribution in [0.4, 0.5) is 0 Å². The number of ether oxygens (including phenoxy) is 2. The van der Waals surface area contributed by atoms with Gasteiger partial charge in [-0.05, 0) is 49.7 Å². The van der Waals surface area contributed by atoms with Crippen molar-refractivity contribution in [1.82, 2.24) is 24.4 Å². The lowest BCUT2D eigenvalue weighted by Crippen LogP contribution is -2.55. The van der Waals surface area contributed by atoms with Gasteiger partial charge < -0.3 is 19.3 Å². The topological polar surface area (TPSA) is 89.3 Å². The Balaban J connectivity index is 1.37. The number of carbonyl (C=O) groups excluding carboxylic acids is 2. The molecule has 9 heteroatoms. The molecule has 2 aromatic heterocycles. The predicted molar refractivity (Wildman–Crippen MR) is 139 cm³/mol. The molecule has 1 saturated heterocycles. The van der Waals surface area contributed by atoms with E-state index < -0.39 is 0 Å². The third kappa shape index (κ3) is 4.48. The van der Waals surface area contributed by atoms with E-state index in [-0.39, 0.29) is 17.9 Å². The van der Waals surface area contributed by atoms with Crippen molar-refractivity contribution in [2.45, 2.75) is 19.9 Å². The van der Waals surface area contributed by atoms with Crippen molar-refractivity contribution in [3.05, 3.63) is 77.6 Å². The van der Waals surface area contributed by atoms with Crippen LogP contribution < -0.4 is 9.47 Å². The maximum atomic E-state index is 13.4. The first-order valence-electron chi connectivity index (χ1n) is 12.1. The predicted octanol–water partition coefficient (Wildman–Crippen LogP) is 3.71. The summed E-state index contributed by atoms with van der Waals surface area (Å²) in [6.45, 7) is 5.23. The zero-order valence-electron chi connectivity index (χ0n) is 21.3. The molecule has 0 unspecified atom stereocenters. The molecule has 0 aliphatic carbocycles. The zero-order chi connectivity index (χ0) is 26.1. The molecule has 2 amide bonds. The molecule has 1 aliphatic heterocycles. The molecule has 1 aliphatic rings. The van der Waals surface area contributed by atoms with Crippen molar-refractivity contribution < 1.29 is 19.1 Å². The number of benzene rings is 2. The Morgan fingerprint density at radius 1 is 0.946 bits per heavy atom. The van der Waals surface area contributed by atoms with Gasteiger partial charge >= 0.3 is 0 Å². The molecule has 0 N–H and O–H groups in total. The average Bonchev–Trinajstić information content (AvgIpc) is 3.36. The highest BCUT2D eigenvalue weighted by Crippen LogP contribution is 2.32. The van der Waals surface area contributed by atoms with E-state index >= 15 is 0 Å². The summed E-state index contributed by atoms with van der Waals surface area (Å²) in [5.74, 6) is 1.04. The van der Waals surface area contributed by atoms with Crippen LogP contribution in [-0.2, 0) is 0 Å². The summed E-state index contributed by atoms with van der Waals surface area (Å²) in [5, 5.41) is 4.61. The maximum Gasteiger partial charge on any atom is 0.274 e. The van der Waals surface area contributed by atoms with Gasteiger partial charge in [0.1, 0.15) is 0 Å². The minimum Gasteiger partial charge on any atom is -0.493 e. The second kappa shape index (κ2) is 9.93. The lowest BCUT2D eigenvalue weighted by Gasteiger charge is -2.39. The summed E-state index contributed by atoms with van der Waals surface area (Å²) in [5.41, 5.74) is 4.14. The van der Waals surface area contributed by atoms with Gasteiger partial charge in [0, 0.05) is 49.1 Å². The fraction of sp³-hybridized carbons (Fsp3) is 0.286. The zero-order valence-corrected chi connectivity index (χ0v) is 21.3. The Labute approximate surface area is 215 Å². The number of aryl methyl sites for hydroxylation is 1. The summed E-state index contributed by atoms with van der Waals surface area (Å²) in [6, 6.07) is 16.6. The van der Waals surface area contributed by atoms with Gasteiger partial charge in [-0.2, -0.15) is 5.10 Å². The van der Waals surface area contributed by atoms with Gasteiger partial charge in [-0.3, -0.25) is 9.59 Å². The first-order chi connectivity index (χ1) is 17.9. The lowest BCUT2D eigenvalue weighted by atomic mass is 10.1. The summed E-state index contributed by atoms with van der Waals surface area (Å²) in [6.07, 6.45) is 1.69. The molecule has 0 bridgehead atoms. The quantitative estimate of drug-likeness (QED) is 0.416. The minimum atomic E-state index is -0.182. The van der Waals surface area contributed by atoms with Gasteiger partial charge in [-0.1, -0.05) is 18.2 Å². The molecule has 0 radical (unpaired) electrons. The second-order valence-electron chi connectivity index (χ2n) is 9.11. The highest BCUT2D eigenvalue weighted by Gasteiger charge is 2.32. The van der Waals surface area contributed by atoms with Crippen LogP contribution in [0.15, 0.2) is 60.8 Å². The smallest absolute Gasteiger partial charge is 0.274 e.